The Kier molecular flexibility index (Phi) is 3.95. The van der Waals surface area contributed by atoms with Crippen LogP contribution in [0.4, 0.5) is 0 Å². The maximum absolute atomic E-state index is 12.3. The van der Waals surface area contributed by atoms with Gasteiger partial charge in [0.25, 0.3) is 0 Å². The van der Waals surface area contributed by atoms with Gasteiger partial charge in [-0.1, -0.05) is 6.92 Å². The van der Waals surface area contributed by atoms with E-state index in [2.05, 4.69) is 22.2 Å². The Hall–Kier alpha value is -1.66. The lowest BCUT2D eigenvalue weighted by molar-refractivity contribution is -0.134. The molecule has 0 bridgehead atoms. The molecule has 5 nitrogen and oxygen atoms in total. The van der Waals surface area contributed by atoms with Crippen molar-refractivity contribution in [2.75, 3.05) is 26.2 Å². The Labute approximate surface area is 139 Å². The van der Waals surface area contributed by atoms with Crippen molar-refractivity contribution in [3.8, 4) is 10.8 Å². The van der Waals surface area contributed by atoms with E-state index in [-0.39, 0.29) is 0 Å². The maximum atomic E-state index is 12.3. The largest absolute Gasteiger partial charge is 0.462 e. The topological polar surface area (TPSA) is 49.6 Å². The summed E-state index contributed by atoms with van der Waals surface area (Å²) in [6.07, 6.45) is 2.75. The molecule has 0 N–H and O–H groups in total. The summed E-state index contributed by atoms with van der Waals surface area (Å²) in [4.78, 5) is 21.3. The number of aromatic nitrogens is 1. The van der Waals surface area contributed by atoms with E-state index in [1.54, 1.807) is 17.6 Å². The molecule has 2 fully saturated rings. The molecule has 0 radical (unpaired) electrons. The summed E-state index contributed by atoms with van der Waals surface area (Å²) < 4.78 is 5.39. The number of nitrogens with zero attached hydrogens (tertiary/aromatic N) is 3. The molecule has 2 aliphatic rings. The predicted octanol–water partition coefficient (Wildman–Crippen LogP) is 2.70. The van der Waals surface area contributed by atoms with E-state index in [0.717, 1.165) is 55.6 Å². The fourth-order valence-electron chi connectivity index (χ4n) is 3.15. The zero-order valence-corrected chi connectivity index (χ0v) is 14.1. The molecule has 23 heavy (non-hydrogen) atoms. The number of piperazine rings is 1. The highest BCUT2D eigenvalue weighted by atomic mass is 32.1. The molecule has 6 heteroatoms. The van der Waals surface area contributed by atoms with E-state index < -0.39 is 0 Å². The summed E-state index contributed by atoms with van der Waals surface area (Å²) in [6, 6.07) is 3.82. The summed E-state index contributed by atoms with van der Waals surface area (Å²) in [5, 5.41) is 3.03. The smallest absolute Gasteiger partial charge is 0.226 e. The first-order valence-corrected chi connectivity index (χ1v) is 9.08. The number of rotatable bonds is 4. The fraction of sp³-hybridized carbons (Fsp3) is 0.529. The SMILES string of the molecule is CC1CC1C(=O)N1CCN(Cc2csc(-c3ccco3)n2)CC1. The van der Waals surface area contributed by atoms with Crippen molar-refractivity contribution < 1.29 is 9.21 Å². The van der Waals surface area contributed by atoms with Crippen LogP contribution in [0.25, 0.3) is 10.8 Å². The molecule has 2 atom stereocenters. The number of hydrogen-bond donors (Lipinski definition) is 0. The van der Waals surface area contributed by atoms with Gasteiger partial charge in [-0.15, -0.1) is 11.3 Å². The van der Waals surface area contributed by atoms with E-state index in [4.69, 9.17) is 4.42 Å². The van der Waals surface area contributed by atoms with Crippen LogP contribution in [0.2, 0.25) is 0 Å². The monoisotopic (exact) mass is 331 g/mol. The van der Waals surface area contributed by atoms with Gasteiger partial charge in [0, 0.05) is 44.0 Å². The van der Waals surface area contributed by atoms with Gasteiger partial charge >= 0.3 is 0 Å². The molecule has 1 amide bonds. The molecule has 2 unspecified atom stereocenters. The molecule has 2 aromatic rings. The highest BCUT2D eigenvalue weighted by Gasteiger charge is 2.41. The predicted molar refractivity (Wildman–Crippen MR) is 88.9 cm³/mol. The van der Waals surface area contributed by atoms with Crippen LogP contribution in [0, 0.1) is 11.8 Å². The maximum Gasteiger partial charge on any atom is 0.226 e. The number of thiazole rings is 1. The minimum atomic E-state index is 0.302. The summed E-state index contributed by atoms with van der Waals surface area (Å²) in [5.74, 6) is 2.09. The molecule has 3 heterocycles. The van der Waals surface area contributed by atoms with E-state index in [9.17, 15) is 4.79 Å². The lowest BCUT2D eigenvalue weighted by atomic mass is 10.2. The van der Waals surface area contributed by atoms with Crippen LogP contribution in [0.1, 0.15) is 19.0 Å². The zero-order chi connectivity index (χ0) is 15.8. The number of hydrogen-bond acceptors (Lipinski definition) is 5. The Balaban J connectivity index is 1.30. The van der Waals surface area contributed by atoms with Crippen LogP contribution in [0.15, 0.2) is 28.2 Å². The second-order valence-electron chi connectivity index (χ2n) is 6.54. The number of carbonyl (C=O) groups excluding carboxylic acids is 1. The lowest BCUT2D eigenvalue weighted by Crippen LogP contribution is -2.48. The third-order valence-corrected chi connectivity index (χ3v) is 5.69. The van der Waals surface area contributed by atoms with Gasteiger partial charge in [0.2, 0.25) is 5.91 Å². The fourth-order valence-corrected chi connectivity index (χ4v) is 3.93. The first-order chi connectivity index (χ1) is 11.2. The minimum Gasteiger partial charge on any atom is -0.462 e. The van der Waals surface area contributed by atoms with Crippen molar-refractivity contribution in [2.45, 2.75) is 19.9 Å². The van der Waals surface area contributed by atoms with E-state index in [1.165, 1.54) is 0 Å². The van der Waals surface area contributed by atoms with Gasteiger partial charge < -0.3 is 9.32 Å². The van der Waals surface area contributed by atoms with Crippen molar-refractivity contribution >= 4 is 17.2 Å². The Bertz CT molecular complexity index is 674. The molecule has 1 aliphatic heterocycles. The average molecular weight is 331 g/mol. The molecule has 2 aromatic heterocycles. The first-order valence-electron chi connectivity index (χ1n) is 8.20. The minimum absolute atomic E-state index is 0.302. The molecule has 122 valence electrons. The van der Waals surface area contributed by atoms with Crippen molar-refractivity contribution in [2.24, 2.45) is 11.8 Å². The molecular weight excluding hydrogens is 310 g/mol. The standard InChI is InChI=1S/C17H21N3O2S/c1-12-9-14(12)17(21)20-6-4-19(5-7-20)10-13-11-23-16(18-13)15-3-2-8-22-15/h2-3,8,11-12,14H,4-7,9-10H2,1H3. The van der Waals surface area contributed by atoms with Crippen molar-refractivity contribution in [3.05, 3.63) is 29.5 Å². The molecule has 1 saturated heterocycles. The highest BCUT2D eigenvalue weighted by molar-refractivity contribution is 7.13. The van der Waals surface area contributed by atoms with Crippen molar-refractivity contribution in [3.63, 3.8) is 0 Å². The Morgan fingerprint density at radius 2 is 2.17 bits per heavy atom. The van der Waals surface area contributed by atoms with Gasteiger partial charge in [-0.3, -0.25) is 9.69 Å². The highest BCUT2D eigenvalue weighted by Crippen LogP contribution is 2.39. The van der Waals surface area contributed by atoms with Crippen LogP contribution in [-0.4, -0.2) is 46.9 Å². The zero-order valence-electron chi connectivity index (χ0n) is 13.3. The second kappa shape index (κ2) is 6.09. The summed E-state index contributed by atoms with van der Waals surface area (Å²) >= 11 is 1.62. The second-order valence-corrected chi connectivity index (χ2v) is 7.40. The number of furan rings is 1. The van der Waals surface area contributed by atoms with Gasteiger partial charge in [-0.25, -0.2) is 4.98 Å². The molecule has 1 aliphatic carbocycles. The van der Waals surface area contributed by atoms with Gasteiger partial charge in [-0.05, 0) is 24.5 Å². The quantitative estimate of drug-likeness (QED) is 0.864. The number of carbonyl (C=O) groups is 1. The summed E-state index contributed by atoms with van der Waals surface area (Å²) in [5.41, 5.74) is 1.08. The Morgan fingerprint density at radius 3 is 2.83 bits per heavy atom. The van der Waals surface area contributed by atoms with Gasteiger partial charge in [-0.2, -0.15) is 0 Å². The number of amides is 1. The Morgan fingerprint density at radius 1 is 1.39 bits per heavy atom. The van der Waals surface area contributed by atoms with E-state index in [1.807, 2.05) is 17.0 Å². The molecule has 4 rings (SSSR count). The van der Waals surface area contributed by atoms with Crippen LogP contribution >= 0.6 is 11.3 Å². The van der Waals surface area contributed by atoms with Gasteiger partial charge in [0.1, 0.15) is 0 Å². The lowest BCUT2D eigenvalue weighted by Gasteiger charge is -2.34. The normalized spacial score (nSPS) is 24.8. The molecule has 1 saturated carbocycles. The molecule has 0 aromatic carbocycles. The van der Waals surface area contributed by atoms with Crippen LogP contribution in [-0.2, 0) is 11.3 Å². The third kappa shape index (κ3) is 3.19. The van der Waals surface area contributed by atoms with E-state index >= 15 is 0 Å². The molecule has 0 spiro atoms. The van der Waals surface area contributed by atoms with Crippen LogP contribution in [0.3, 0.4) is 0 Å². The average Bonchev–Trinajstić information content (AvgIpc) is 3.00. The molecular formula is C17H21N3O2S. The van der Waals surface area contributed by atoms with Crippen LogP contribution in [0.5, 0.6) is 0 Å². The van der Waals surface area contributed by atoms with Gasteiger partial charge in [0.05, 0.1) is 12.0 Å². The van der Waals surface area contributed by atoms with E-state index in [0.29, 0.717) is 17.7 Å². The summed E-state index contributed by atoms with van der Waals surface area (Å²) in [6.45, 7) is 6.56. The first kappa shape index (κ1) is 14.9. The van der Waals surface area contributed by atoms with Crippen LogP contribution < -0.4 is 0 Å². The third-order valence-electron chi connectivity index (χ3n) is 4.78. The van der Waals surface area contributed by atoms with Crippen molar-refractivity contribution in [1.82, 2.24) is 14.8 Å². The van der Waals surface area contributed by atoms with Gasteiger partial charge in [0.15, 0.2) is 10.8 Å². The summed E-state index contributed by atoms with van der Waals surface area (Å²) in [7, 11) is 0. The van der Waals surface area contributed by atoms with Crippen molar-refractivity contribution in [1.29, 1.82) is 0 Å².